The average molecular weight is 271 g/mol. The van der Waals surface area contributed by atoms with Crippen molar-refractivity contribution >= 4 is 17.9 Å². The van der Waals surface area contributed by atoms with E-state index in [1.807, 2.05) is 24.3 Å². The molecule has 104 valence electrons. The number of aliphatic imine (C=N–C) groups is 1. The zero-order valence-electron chi connectivity index (χ0n) is 11.5. The molecule has 1 aromatic rings. The number of benzene rings is 1. The Morgan fingerprint density at radius 1 is 1.35 bits per heavy atom. The van der Waals surface area contributed by atoms with Gasteiger partial charge in [-0.3, -0.25) is 0 Å². The highest BCUT2D eigenvalue weighted by atomic mass is 16.6. The van der Waals surface area contributed by atoms with Gasteiger partial charge in [0.15, 0.2) is 5.70 Å². The number of carbonyl (C=O) groups excluding carboxylic acids is 1. The van der Waals surface area contributed by atoms with Crippen LogP contribution in [0.2, 0.25) is 0 Å². The van der Waals surface area contributed by atoms with Crippen LogP contribution in [0.3, 0.4) is 0 Å². The predicted octanol–water partition coefficient (Wildman–Crippen LogP) is 3.18. The maximum Gasteiger partial charge on any atom is 0.363 e. The van der Waals surface area contributed by atoms with Crippen LogP contribution in [0.1, 0.15) is 31.2 Å². The fourth-order valence-corrected chi connectivity index (χ4v) is 2.66. The number of hydrogen-bond donors (Lipinski definition) is 0. The first kappa shape index (κ1) is 12.9. The van der Waals surface area contributed by atoms with E-state index in [0.717, 1.165) is 24.2 Å². The molecule has 1 fully saturated rings. The van der Waals surface area contributed by atoms with Gasteiger partial charge in [-0.25, -0.2) is 9.79 Å². The summed E-state index contributed by atoms with van der Waals surface area (Å²) in [7, 11) is 1.62. The van der Waals surface area contributed by atoms with Crippen LogP contribution in [0, 0.1) is 5.92 Å². The van der Waals surface area contributed by atoms with Gasteiger partial charge in [-0.05, 0) is 36.6 Å². The van der Waals surface area contributed by atoms with Crippen molar-refractivity contribution in [2.24, 2.45) is 10.9 Å². The Morgan fingerprint density at radius 3 is 2.90 bits per heavy atom. The number of rotatable bonds is 3. The first-order valence-corrected chi connectivity index (χ1v) is 6.93. The molecule has 1 aromatic carbocycles. The minimum Gasteiger partial charge on any atom is -0.497 e. The molecule has 4 heteroatoms. The van der Waals surface area contributed by atoms with Crippen molar-refractivity contribution in [3.05, 3.63) is 35.5 Å². The van der Waals surface area contributed by atoms with E-state index in [-0.39, 0.29) is 5.97 Å². The summed E-state index contributed by atoms with van der Waals surface area (Å²) in [6.45, 7) is 0. The van der Waals surface area contributed by atoms with Crippen molar-refractivity contribution in [3.63, 3.8) is 0 Å². The molecule has 3 rings (SSSR count). The molecule has 1 aliphatic heterocycles. The number of hydrogen-bond acceptors (Lipinski definition) is 4. The number of nitrogens with zero attached hydrogens (tertiary/aromatic N) is 1. The molecule has 20 heavy (non-hydrogen) atoms. The number of esters is 1. The zero-order valence-corrected chi connectivity index (χ0v) is 11.5. The van der Waals surface area contributed by atoms with Crippen LogP contribution in [0.4, 0.5) is 0 Å². The van der Waals surface area contributed by atoms with Gasteiger partial charge in [-0.1, -0.05) is 25.0 Å². The summed E-state index contributed by atoms with van der Waals surface area (Å²) in [5.41, 5.74) is 1.26. The molecule has 4 nitrogen and oxygen atoms in total. The molecule has 0 amide bonds. The van der Waals surface area contributed by atoms with Crippen molar-refractivity contribution in [2.75, 3.05) is 7.11 Å². The van der Waals surface area contributed by atoms with Crippen LogP contribution < -0.4 is 4.74 Å². The highest BCUT2D eigenvalue weighted by Crippen LogP contribution is 2.30. The third-order valence-corrected chi connectivity index (χ3v) is 3.74. The monoisotopic (exact) mass is 271 g/mol. The minimum atomic E-state index is -0.352. The van der Waals surface area contributed by atoms with E-state index < -0.39 is 0 Å². The fourth-order valence-electron chi connectivity index (χ4n) is 2.66. The maximum atomic E-state index is 11.9. The van der Waals surface area contributed by atoms with Crippen molar-refractivity contribution < 1.29 is 14.3 Å². The lowest BCUT2D eigenvalue weighted by molar-refractivity contribution is -0.130. The number of ether oxygens (including phenoxy) is 2. The molecular weight excluding hydrogens is 254 g/mol. The quantitative estimate of drug-likeness (QED) is 0.626. The van der Waals surface area contributed by atoms with Gasteiger partial charge in [0.25, 0.3) is 0 Å². The molecule has 0 bridgehead atoms. The first-order valence-electron chi connectivity index (χ1n) is 6.93. The van der Waals surface area contributed by atoms with Gasteiger partial charge in [-0.2, -0.15) is 0 Å². The van der Waals surface area contributed by atoms with Crippen molar-refractivity contribution in [1.82, 2.24) is 0 Å². The summed E-state index contributed by atoms with van der Waals surface area (Å²) < 4.78 is 10.5. The molecule has 0 unspecified atom stereocenters. The lowest BCUT2D eigenvalue weighted by atomic mass is 10.1. The van der Waals surface area contributed by atoms with E-state index in [1.54, 1.807) is 13.2 Å². The fraction of sp³-hybridized carbons (Fsp3) is 0.375. The SMILES string of the molecule is COc1cccc(/C=C2/N=C(C3CCCC3)OC2=O)c1. The molecule has 0 radical (unpaired) electrons. The molecule has 0 saturated heterocycles. The minimum absolute atomic E-state index is 0.315. The second kappa shape index (κ2) is 5.49. The second-order valence-electron chi connectivity index (χ2n) is 5.13. The van der Waals surface area contributed by atoms with E-state index in [2.05, 4.69) is 4.99 Å². The zero-order chi connectivity index (χ0) is 13.9. The standard InChI is InChI=1S/C16H17NO3/c1-19-13-8-4-5-11(9-13)10-14-16(18)20-15(17-14)12-6-2-3-7-12/h4-5,8-10,12H,2-3,6-7H2,1H3/b14-10+. The topological polar surface area (TPSA) is 47.9 Å². The lowest BCUT2D eigenvalue weighted by Gasteiger charge is -2.05. The Morgan fingerprint density at radius 2 is 2.15 bits per heavy atom. The summed E-state index contributed by atoms with van der Waals surface area (Å²) in [6.07, 6.45) is 6.26. The van der Waals surface area contributed by atoms with Crippen molar-refractivity contribution in [2.45, 2.75) is 25.7 Å². The van der Waals surface area contributed by atoms with Crippen LogP contribution in [0.25, 0.3) is 6.08 Å². The molecule has 2 aliphatic rings. The third kappa shape index (κ3) is 2.59. The molecule has 0 spiro atoms. The smallest absolute Gasteiger partial charge is 0.363 e. The van der Waals surface area contributed by atoms with E-state index in [1.165, 1.54) is 12.8 Å². The summed E-state index contributed by atoms with van der Waals surface area (Å²) in [6, 6.07) is 7.52. The van der Waals surface area contributed by atoms with Crippen molar-refractivity contribution in [1.29, 1.82) is 0 Å². The van der Waals surface area contributed by atoms with Gasteiger partial charge in [0.2, 0.25) is 5.90 Å². The molecular formula is C16H17NO3. The normalized spacial score (nSPS) is 21.1. The molecule has 1 aliphatic carbocycles. The van der Waals surface area contributed by atoms with Gasteiger partial charge in [0, 0.05) is 5.92 Å². The van der Waals surface area contributed by atoms with Crippen LogP contribution >= 0.6 is 0 Å². The van der Waals surface area contributed by atoms with E-state index in [9.17, 15) is 4.79 Å². The number of cyclic esters (lactones) is 1. The summed E-state index contributed by atoms with van der Waals surface area (Å²) in [5.74, 6) is 1.32. The Bertz CT molecular complexity index is 583. The molecule has 1 heterocycles. The van der Waals surface area contributed by atoms with Crippen LogP contribution in [0.15, 0.2) is 35.0 Å². The average Bonchev–Trinajstić information content (AvgIpc) is 3.10. The van der Waals surface area contributed by atoms with Gasteiger partial charge < -0.3 is 9.47 Å². The molecule has 1 saturated carbocycles. The Balaban J connectivity index is 1.84. The number of carbonyl (C=O) groups is 1. The molecule has 0 atom stereocenters. The van der Waals surface area contributed by atoms with Crippen LogP contribution in [-0.2, 0) is 9.53 Å². The largest absolute Gasteiger partial charge is 0.497 e. The Kier molecular flexibility index (Phi) is 3.54. The highest BCUT2D eigenvalue weighted by molar-refractivity contribution is 6.07. The first-order chi connectivity index (χ1) is 9.76. The maximum absolute atomic E-state index is 11.9. The van der Waals surface area contributed by atoms with Crippen LogP contribution in [0.5, 0.6) is 5.75 Å². The second-order valence-corrected chi connectivity index (χ2v) is 5.13. The summed E-state index contributed by atoms with van der Waals surface area (Å²) in [4.78, 5) is 16.2. The molecule has 0 aromatic heterocycles. The lowest BCUT2D eigenvalue weighted by Crippen LogP contribution is -2.12. The Hall–Kier alpha value is -2.10. The molecule has 0 N–H and O–H groups in total. The van der Waals surface area contributed by atoms with Gasteiger partial charge >= 0.3 is 5.97 Å². The van der Waals surface area contributed by atoms with Crippen LogP contribution in [-0.4, -0.2) is 19.0 Å². The Labute approximate surface area is 118 Å². The third-order valence-electron chi connectivity index (χ3n) is 3.74. The summed E-state index contributed by atoms with van der Waals surface area (Å²) in [5, 5.41) is 0. The van der Waals surface area contributed by atoms with Gasteiger partial charge in [0.05, 0.1) is 7.11 Å². The van der Waals surface area contributed by atoms with E-state index in [4.69, 9.17) is 9.47 Å². The predicted molar refractivity (Wildman–Crippen MR) is 76.5 cm³/mol. The number of methoxy groups -OCH3 is 1. The van der Waals surface area contributed by atoms with E-state index >= 15 is 0 Å². The van der Waals surface area contributed by atoms with Crippen molar-refractivity contribution in [3.8, 4) is 5.75 Å². The van der Waals surface area contributed by atoms with E-state index in [0.29, 0.717) is 17.5 Å². The summed E-state index contributed by atoms with van der Waals surface area (Å²) >= 11 is 0. The highest BCUT2D eigenvalue weighted by Gasteiger charge is 2.30. The van der Waals surface area contributed by atoms with Gasteiger partial charge in [-0.15, -0.1) is 0 Å². The van der Waals surface area contributed by atoms with Gasteiger partial charge in [0.1, 0.15) is 5.75 Å².